The van der Waals surface area contributed by atoms with Crippen LogP contribution in [-0.4, -0.2) is 43.2 Å². The molecule has 2 atom stereocenters. The van der Waals surface area contributed by atoms with Crippen LogP contribution in [-0.2, 0) is 9.53 Å². The number of nitrogens with two attached hydrogens (primary N) is 1. The molecular formula is C12H24N2O2S. The molecule has 1 aliphatic heterocycles. The van der Waals surface area contributed by atoms with Gasteiger partial charge in [0.2, 0.25) is 5.91 Å². The summed E-state index contributed by atoms with van der Waals surface area (Å²) in [6.07, 6.45) is 7.10. The minimum absolute atomic E-state index is 0.0332. The van der Waals surface area contributed by atoms with Crippen LogP contribution in [0.5, 0.6) is 0 Å². The van der Waals surface area contributed by atoms with E-state index in [1.54, 1.807) is 0 Å². The quantitative estimate of drug-likeness (QED) is 0.642. The number of nitrogens with one attached hydrogen (secondary N) is 1. The van der Waals surface area contributed by atoms with Crippen molar-refractivity contribution in [3.63, 3.8) is 0 Å². The molecular weight excluding hydrogens is 236 g/mol. The number of rotatable bonds is 8. The van der Waals surface area contributed by atoms with Crippen LogP contribution in [0.4, 0.5) is 0 Å². The van der Waals surface area contributed by atoms with Crippen molar-refractivity contribution in [3.8, 4) is 0 Å². The van der Waals surface area contributed by atoms with Gasteiger partial charge in [0.05, 0.1) is 6.10 Å². The van der Waals surface area contributed by atoms with Crippen LogP contribution in [0.25, 0.3) is 0 Å². The summed E-state index contributed by atoms with van der Waals surface area (Å²) < 4.78 is 5.53. The second-order valence-electron chi connectivity index (χ2n) is 4.40. The van der Waals surface area contributed by atoms with Gasteiger partial charge in [-0.15, -0.1) is 0 Å². The van der Waals surface area contributed by atoms with Crippen LogP contribution < -0.4 is 11.1 Å². The van der Waals surface area contributed by atoms with Crippen molar-refractivity contribution in [1.82, 2.24) is 5.32 Å². The number of carbonyl (C=O) groups excluding carboxylic acids is 1. The van der Waals surface area contributed by atoms with Gasteiger partial charge in [0.15, 0.2) is 0 Å². The van der Waals surface area contributed by atoms with Gasteiger partial charge < -0.3 is 15.8 Å². The molecule has 1 heterocycles. The number of hydrogen-bond acceptors (Lipinski definition) is 4. The molecule has 0 radical (unpaired) electrons. The Morgan fingerprint density at radius 3 is 2.88 bits per heavy atom. The lowest BCUT2D eigenvalue weighted by molar-refractivity contribution is -0.131. The van der Waals surface area contributed by atoms with E-state index in [4.69, 9.17) is 10.5 Å². The molecule has 0 aromatic heterocycles. The monoisotopic (exact) mass is 260 g/mol. The molecule has 0 bridgehead atoms. The normalized spacial score (nSPS) is 23.9. The zero-order valence-corrected chi connectivity index (χ0v) is 11.4. The molecule has 3 N–H and O–H groups in total. The maximum atomic E-state index is 11.7. The van der Waals surface area contributed by atoms with Crippen molar-refractivity contribution in [2.24, 2.45) is 5.73 Å². The Hall–Kier alpha value is -0.260. The van der Waals surface area contributed by atoms with E-state index in [9.17, 15) is 4.79 Å². The van der Waals surface area contributed by atoms with E-state index in [1.165, 1.54) is 18.6 Å². The third kappa shape index (κ3) is 5.75. The third-order valence-corrected chi connectivity index (χ3v) is 3.68. The molecule has 100 valence electrons. The van der Waals surface area contributed by atoms with Crippen LogP contribution in [0, 0.1) is 0 Å². The molecule has 1 fully saturated rings. The summed E-state index contributed by atoms with van der Waals surface area (Å²) in [5, 5.41) is 2.93. The summed E-state index contributed by atoms with van der Waals surface area (Å²) in [7, 11) is 0. The average molecular weight is 260 g/mol. The highest BCUT2D eigenvalue weighted by molar-refractivity contribution is 7.98. The number of amides is 1. The fraction of sp³-hybridized carbons (Fsp3) is 0.917. The van der Waals surface area contributed by atoms with Gasteiger partial charge in [0, 0.05) is 13.1 Å². The first-order valence-electron chi connectivity index (χ1n) is 6.40. The second-order valence-corrected chi connectivity index (χ2v) is 5.39. The average Bonchev–Trinajstić information content (AvgIpc) is 2.82. The number of unbranched alkanes of at least 4 members (excludes halogenated alkanes) is 2. The molecule has 1 saturated heterocycles. The van der Waals surface area contributed by atoms with Gasteiger partial charge in [-0.2, -0.15) is 11.8 Å². The van der Waals surface area contributed by atoms with Crippen LogP contribution in [0.1, 0.15) is 32.1 Å². The first-order valence-corrected chi connectivity index (χ1v) is 7.79. The molecule has 0 saturated carbocycles. The summed E-state index contributed by atoms with van der Waals surface area (Å²) in [6, 6.07) is 0. The molecule has 0 spiro atoms. The number of ether oxygens (including phenoxy) is 1. The van der Waals surface area contributed by atoms with Gasteiger partial charge in [-0.05, 0) is 37.7 Å². The van der Waals surface area contributed by atoms with E-state index in [1.807, 2.05) is 11.8 Å². The maximum absolute atomic E-state index is 11.7. The predicted octanol–water partition coefficient (Wildman–Crippen LogP) is 1.14. The smallest absolute Gasteiger partial charge is 0.249 e. The number of thioether (sulfide) groups is 1. The summed E-state index contributed by atoms with van der Waals surface area (Å²) in [5.41, 5.74) is 5.51. The highest BCUT2D eigenvalue weighted by atomic mass is 32.2. The lowest BCUT2D eigenvalue weighted by atomic mass is 10.2. The summed E-state index contributed by atoms with van der Waals surface area (Å²) in [6.45, 7) is 1.28. The Bertz CT molecular complexity index is 227. The summed E-state index contributed by atoms with van der Waals surface area (Å²) in [5.74, 6) is 1.24. The molecule has 17 heavy (non-hydrogen) atoms. The fourth-order valence-corrected chi connectivity index (χ4v) is 2.44. The molecule has 1 aliphatic rings. The molecule has 1 amide bonds. The van der Waals surface area contributed by atoms with Crippen molar-refractivity contribution < 1.29 is 9.53 Å². The second kappa shape index (κ2) is 8.78. The number of carbonyl (C=O) groups is 1. The van der Waals surface area contributed by atoms with Gasteiger partial charge in [0.1, 0.15) is 6.10 Å². The SMILES string of the molecule is CSCCCCCNC(=O)C1CCC(CN)O1. The zero-order chi connectivity index (χ0) is 12.5. The van der Waals surface area contributed by atoms with Crippen molar-refractivity contribution in [3.05, 3.63) is 0 Å². The van der Waals surface area contributed by atoms with Crippen molar-refractivity contribution in [1.29, 1.82) is 0 Å². The van der Waals surface area contributed by atoms with E-state index >= 15 is 0 Å². The molecule has 5 heteroatoms. The van der Waals surface area contributed by atoms with Crippen LogP contribution in [0.2, 0.25) is 0 Å². The summed E-state index contributed by atoms with van der Waals surface area (Å²) >= 11 is 1.87. The lowest BCUT2D eigenvalue weighted by Gasteiger charge is -2.12. The van der Waals surface area contributed by atoms with Gasteiger partial charge in [-0.3, -0.25) is 4.79 Å². The Morgan fingerprint density at radius 2 is 2.24 bits per heavy atom. The first kappa shape index (κ1) is 14.8. The minimum atomic E-state index is -0.269. The van der Waals surface area contributed by atoms with E-state index in [-0.39, 0.29) is 18.1 Å². The number of hydrogen-bond donors (Lipinski definition) is 2. The lowest BCUT2D eigenvalue weighted by Crippen LogP contribution is -2.36. The molecule has 4 nitrogen and oxygen atoms in total. The van der Waals surface area contributed by atoms with Crippen molar-refractivity contribution in [2.45, 2.75) is 44.3 Å². The van der Waals surface area contributed by atoms with E-state index < -0.39 is 0 Å². The Balaban J connectivity index is 2.01. The van der Waals surface area contributed by atoms with E-state index in [0.717, 1.165) is 25.8 Å². The van der Waals surface area contributed by atoms with Crippen molar-refractivity contribution >= 4 is 17.7 Å². The maximum Gasteiger partial charge on any atom is 0.249 e. The summed E-state index contributed by atoms with van der Waals surface area (Å²) in [4.78, 5) is 11.7. The van der Waals surface area contributed by atoms with E-state index in [0.29, 0.717) is 6.54 Å². The molecule has 1 rings (SSSR count). The van der Waals surface area contributed by atoms with Crippen molar-refractivity contribution in [2.75, 3.05) is 25.1 Å². The van der Waals surface area contributed by atoms with E-state index in [2.05, 4.69) is 11.6 Å². The zero-order valence-electron chi connectivity index (χ0n) is 10.6. The van der Waals surface area contributed by atoms with Gasteiger partial charge in [-0.1, -0.05) is 6.42 Å². The predicted molar refractivity (Wildman–Crippen MR) is 72.2 cm³/mol. The van der Waals surface area contributed by atoms with Crippen LogP contribution >= 0.6 is 11.8 Å². The topological polar surface area (TPSA) is 64.4 Å². The fourth-order valence-electron chi connectivity index (χ4n) is 1.95. The van der Waals surface area contributed by atoms with Crippen LogP contribution in [0.15, 0.2) is 0 Å². The molecule has 2 unspecified atom stereocenters. The Morgan fingerprint density at radius 1 is 1.41 bits per heavy atom. The van der Waals surface area contributed by atoms with Gasteiger partial charge in [0.25, 0.3) is 0 Å². The largest absolute Gasteiger partial charge is 0.364 e. The Labute approximate surface area is 108 Å². The first-order chi connectivity index (χ1) is 8.27. The molecule has 0 aromatic rings. The molecule has 0 aromatic carbocycles. The highest BCUT2D eigenvalue weighted by Crippen LogP contribution is 2.18. The molecule has 0 aliphatic carbocycles. The Kier molecular flexibility index (Phi) is 7.64. The highest BCUT2D eigenvalue weighted by Gasteiger charge is 2.29. The third-order valence-electron chi connectivity index (χ3n) is 2.99. The van der Waals surface area contributed by atoms with Crippen LogP contribution in [0.3, 0.4) is 0 Å². The van der Waals surface area contributed by atoms with Gasteiger partial charge in [-0.25, -0.2) is 0 Å². The minimum Gasteiger partial charge on any atom is -0.364 e. The standard InChI is InChI=1S/C12H24N2O2S/c1-17-8-4-2-3-7-14-12(15)11-6-5-10(9-13)16-11/h10-11H,2-9,13H2,1H3,(H,14,15). The van der Waals surface area contributed by atoms with Gasteiger partial charge >= 0.3 is 0 Å².